The molecule has 6 nitrogen and oxygen atoms in total. The highest BCUT2D eigenvalue weighted by Crippen LogP contribution is 2.31. The van der Waals surface area contributed by atoms with Crippen molar-refractivity contribution in [1.29, 1.82) is 0 Å². The van der Waals surface area contributed by atoms with Crippen molar-refractivity contribution < 1.29 is 0 Å². The Morgan fingerprint density at radius 2 is 1.93 bits per heavy atom. The molecule has 4 heterocycles. The first-order valence-electron chi connectivity index (χ1n) is 9.71. The predicted octanol–water partition coefficient (Wildman–Crippen LogP) is 3.72. The number of hydrogen-bond donors (Lipinski definition) is 3. The third kappa shape index (κ3) is 3.06. The number of H-pyrrole nitrogens is 2. The number of nitrogen functional groups attached to an aromatic ring is 1. The summed E-state index contributed by atoms with van der Waals surface area (Å²) in [5.74, 6) is 0.536. The highest BCUT2D eigenvalue weighted by molar-refractivity contribution is 5.98. The van der Waals surface area contributed by atoms with Crippen molar-refractivity contribution in [2.45, 2.75) is 25.7 Å². The molecule has 1 aliphatic rings. The summed E-state index contributed by atoms with van der Waals surface area (Å²) >= 11 is 0. The Balaban J connectivity index is 1.47. The van der Waals surface area contributed by atoms with Crippen LogP contribution in [0.4, 0.5) is 5.82 Å². The number of nitrogens with zero attached hydrogens (tertiary/aromatic N) is 3. The number of rotatable bonds is 4. The van der Waals surface area contributed by atoms with Crippen molar-refractivity contribution in [3.63, 3.8) is 0 Å². The van der Waals surface area contributed by atoms with Crippen molar-refractivity contribution in [3.05, 3.63) is 42.2 Å². The fourth-order valence-corrected chi connectivity index (χ4v) is 4.13. The van der Waals surface area contributed by atoms with Gasteiger partial charge < -0.3 is 15.6 Å². The van der Waals surface area contributed by atoms with E-state index in [9.17, 15) is 0 Å². The third-order valence-corrected chi connectivity index (χ3v) is 5.64. The van der Waals surface area contributed by atoms with E-state index in [1.54, 1.807) is 0 Å². The molecular weight excluding hydrogens is 336 g/mol. The highest BCUT2D eigenvalue weighted by Gasteiger charge is 2.13. The second kappa shape index (κ2) is 6.70. The first-order valence-corrected chi connectivity index (χ1v) is 9.71. The number of pyridine rings is 1. The maximum Gasteiger partial charge on any atom is 0.153 e. The zero-order chi connectivity index (χ0) is 18.2. The van der Waals surface area contributed by atoms with E-state index in [0.717, 1.165) is 40.5 Å². The van der Waals surface area contributed by atoms with Crippen LogP contribution in [0.25, 0.3) is 33.1 Å². The van der Waals surface area contributed by atoms with E-state index in [4.69, 9.17) is 5.73 Å². The standard InChI is InChI=1S/C21H24N6/c22-20-18-12-14(4-5-19(18)25-26-20)16-6-8-23-21-17(16)13-15(24-21)7-11-27-9-2-1-3-10-27/h4-6,8,12-13H,1-3,7,9-11H2,(H,23,24)(H3,22,25,26). The molecule has 0 unspecified atom stereocenters. The second-order valence-electron chi connectivity index (χ2n) is 7.44. The van der Waals surface area contributed by atoms with Crippen LogP contribution in [-0.4, -0.2) is 44.7 Å². The minimum Gasteiger partial charge on any atom is -0.382 e. The summed E-state index contributed by atoms with van der Waals surface area (Å²) in [5, 5.41) is 9.17. The average Bonchev–Trinajstić information content (AvgIpc) is 3.30. The Bertz CT molecular complexity index is 1090. The minimum atomic E-state index is 0.536. The predicted molar refractivity (Wildman–Crippen MR) is 110 cm³/mol. The number of likely N-dealkylation sites (tertiary alicyclic amines) is 1. The molecule has 0 aliphatic carbocycles. The third-order valence-electron chi connectivity index (χ3n) is 5.64. The van der Waals surface area contributed by atoms with Crippen molar-refractivity contribution in [2.24, 2.45) is 0 Å². The van der Waals surface area contributed by atoms with Crippen LogP contribution in [0.5, 0.6) is 0 Å². The molecule has 0 bridgehead atoms. The van der Waals surface area contributed by atoms with Crippen LogP contribution in [-0.2, 0) is 6.42 Å². The van der Waals surface area contributed by atoms with Crippen LogP contribution in [0.2, 0.25) is 0 Å². The molecule has 138 valence electrons. The van der Waals surface area contributed by atoms with E-state index in [-0.39, 0.29) is 0 Å². The van der Waals surface area contributed by atoms with E-state index in [2.05, 4.69) is 49.3 Å². The van der Waals surface area contributed by atoms with E-state index in [0.29, 0.717) is 5.82 Å². The van der Waals surface area contributed by atoms with E-state index < -0.39 is 0 Å². The molecule has 1 fully saturated rings. The summed E-state index contributed by atoms with van der Waals surface area (Å²) in [5.41, 5.74) is 11.4. The molecule has 0 saturated carbocycles. The van der Waals surface area contributed by atoms with Gasteiger partial charge in [-0.2, -0.15) is 5.10 Å². The van der Waals surface area contributed by atoms with Crippen LogP contribution in [0.1, 0.15) is 25.0 Å². The van der Waals surface area contributed by atoms with Gasteiger partial charge in [0.05, 0.1) is 5.52 Å². The van der Waals surface area contributed by atoms with Crippen molar-refractivity contribution in [3.8, 4) is 11.1 Å². The monoisotopic (exact) mass is 360 g/mol. The van der Waals surface area contributed by atoms with Crippen LogP contribution in [0.15, 0.2) is 36.5 Å². The molecule has 4 N–H and O–H groups in total. The van der Waals surface area contributed by atoms with Gasteiger partial charge in [0.2, 0.25) is 0 Å². The van der Waals surface area contributed by atoms with Gasteiger partial charge in [0.15, 0.2) is 5.82 Å². The number of fused-ring (bicyclic) bond motifs is 2. The zero-order valence-electron chi connectivity index (χ0n) is 15.3. The Morgan fingerprint density at radius 1 is 1.04 bits per heavy atom. The first kappa shape index (κ1) is 16.3. The smallest absolute Gasteiger partial charge is 0.153 e. The Labute approximate surface area is 157 Å². The van der Waals surface area contributed by atoms with Crippen molar-refractivity contribution >= 4 is 27.8 Å². The molecule has 1 aromatic carbocycles. The van der Waals surface area contributed by atoms with Gasteiger partial charge in [-0.3, -0.25) is 5.10 Å². The molecule has 0 radical (unpaired) electrons. The van der Waals surface area contributed by atoms with Crippen LogP contribution in [0, 0.1) is 0 Å². The molecule has 5 rings (SSSR count). The van der Waals surface area contributed by atoms with Gasteiger partial charge in [0.25, 0.3) is 0 Å². The molecule has 3 aromatic heterocycles. The fourth-order valence-electron chi connectivity index (χ4n) is 4.13. The number of piperidine rings is 1. The lowest BCUT2D eigenvalue weighted by molar-refractivity contribution is 0.231. The number of nitrogens with two attached hydrogens (primary N) is 1. The average molecular weight is 360 g/mol. The largest absolute Gasteiger partial charge is 0.382 e. The van der Waals surface area contributed by atoms with Crippen LogP contribution < -0.4 is 5.73 Å². The first-order chi connectivity index (χ1) is 13.3. The lowest BCUT2D eigenvalue weighted by Crippen LogP contribution is -2.31. The second-order valence-corrected chi connectivity index (χ2v) is 7.44. The molecule has 4 aromatic rings. The lowest BCUT2D eigenvalue weighted by Gasteiger charge is -2.25. The van der Waals surface area contributed by atoms with Gasteiger partial charge in [-0.25, -0.2) is 4.98 Å². The Kier molecular flexibility index (Phi) is 4.05. The topological polar surface area (TPSA) is 86.6 Å². The number of aromatic nitrogens is 4. The van der Waals surface area contributed by atoms with Gasteiger partial charge in [-0.1, -0.05) is 12.5 Å². The summed E-state index contributed by atoms with van der Waals surface area (Å²) < 4.78 is 0. The SMILES string of the molecule is Nc1n[nH]c2ccc(-c3ccnc4[nH]c(CCN5CCCCC5)cc34)cc12. The molecule has 6 heteroatoms. The summed E-state index contributed by atoms with van der Waals surface area (Å²) in [4.78, 5) is 10.6. The van der Waals surface area contributed by atoms with Gasteiger partial charge >= 0.3 is 0 Å². The maximum absolute atomic E-state index is 5.98. The Morgan fingerprint density at radius 3 is 2.81 bits per heavy atom. The van der Waals surface area contributed by atoms with Gasteiger partial charge in [0, 0.05) is 35.6 Å². The summed E-state index contributed by atoms with van der Waals surface area (Å²) in [6.45, 7) is 3.57. The zero-order valence-corrected chi connectivity index (χ0v) is 15.3. The van der Waals surface area contributed by atoms with Crippen molar-refractivity contribution in [2.75, 3.05) is 25.4 Å². The Hall–Kier alpha value is -2.86. The molecule has 0 atom stereocenters. The molecular formula is C21H24N6. The van der Waals surface area contributed by atoms with Crippen molar-refractivity contribution in [1.82, 2.24) is 25.1 Å². The number of anilines is 1. The van der Waals surface area contributed by atoms with E-state index >= 15 is 0 Å². The normalized spacial score (nSPS) is 15.7. The minimum absolute atomic E-state index is 0.536. The maximum atomic E-state index is 5.98. The molecule has 0 amide bonds. The van der Waals surface area contributed by atoms with E-state index in [1.165, 1.54) is 43.6 Å². The molecule has 1 aliphatic heterocycles. The molecule has 27 heavy (non-hydrogen) atoms. The van der Waals surface area contributed by atoms with Gasteiger partial charge in [-0.05, 0) is 61.3 Å². The van der Waals surface area contributed by atoms with Gasteiger partial charge in [-0.15, -0.1) is 0 Å². The number of hydrogen-bond acceptors (Lipinski definition) is 4. The fraction of sp³-hybridized carbons (Fsp3) is 0.333. The summed E-state index contributed by atoms with van der Waals surface area (Å²) in [7, 11) is 0. The number of aromatic amines is 2. The van der Waals surface area contributed by atoms with Gasteiger partial charge in [0.1, 0.15) is 5.65 Å². The summed E-state index contributed by atoms with van der Waals surface area (Å²) in [6.07, 6.45) is 6.94. The molecule has 1 saturated heterocycles. The highest BCUT2D eigenvalue weighted by atomic mass is 15.1. The van der Waals surface area contributed by atoms with Crippen LogP contribution in [0.3, 0.4) is 0 Å². The number of benzene rings is 1. The summed E-state index contributed by atoms with van der Waals surface area (Å²) in [6, 6.07) is 10.6. The van der Waals surface area contributed by atoms with E-state index in [1.807, 2.05) is 12.3 Å². The van der Waals surface area contributed by atoms with Crippen LogP contribution >= 0.6 is 0 Å². The molecule has 0 spiro atoms. The lowest BCUT2D eigenvalue weighted by atomic mass is 10.0. The number of nitrogens with one attached hydrogen (secondary N) is 2. The quantitative estimate of drug-likeness (QED) is 0.518.